The number of nitrogens with two attached hydrogens (primary N) is 1. The zero-order chi connectivity index (χ0) is 11.5. The predicted octanol–water partition coefficient (Wildman–Crippen LogP) is 0.778. The molecule has 0 saturated heterocycles. The van der Waals surface area contributed by atoms with E-state index < -0.39 is 0 Å². The molecule has 0 saturated carbocycles. The van der Waals surface area contributed by atoms with Crippen molar-refractivity contribution in [1.29, 1.82) is 0 Å². The van der Waals surface area contributed by atoms with Gasteiger partial charge in [-0.25, -0.2) is 9.97 Å². The summed E-state index contributed by atoms with van der Waals surface area (Å²) < 4.78 is 5.54. The number of hydrogen-bond donors (Lipinski definition) is 1. The highest BCUT2D eigenvalue weighted by Crippen LogP contribution is 2.14. The summed E-state index contributed by atoms with van der Waals surface area (Å²) in [6.07, 6.45) is 1.40. The van der Waals surface area contributed by atoms with E-state index in [2.05, 4.69) is 28.7 Å². The highest BCUT2D eigenvalue weighted by molar-refractivity contribution is 5.30. The van der Waals surface area contributed by atoms with Crippen molar-refractivity contribution in [2.45, 2.75) is 19.4 Å². The van der Waals surface area contributed by atoms with Crippen LogP contribution in [-0.4, -0.2) is 41.1 Å². The number of nitrogens with zero attached hydrogens (tertiary/aromatic N) is 3. The van der Waals surface area contributed by atoms with Gasteiger partial charge in [-0.15, -0.1) is 0 Å². The van der Waals surface area contributed by atoms with E-state index in [0.29, 0.717) is 18.3 Å². The fourth-order valence-corrected chi connectivity index (χ4v) is 0.812. The first-order valence-corrected chi connectivity index (χ1v) is 4.79. The molecule has 5 nitrogen and oxygen atoms in total. The second-order valence-electron chi connectivity index (χ2n) is 4.28. The first-order chi connectivity index (χ1) is 6.92. The summed E-state index contributed by atoms with van der Waals surface area (Å²) in [6.45, 7) is 4.74. The van der Waals surface area contributed by atoms with Gasteiger partial charge in [0.1, 0.15) is 18.8 Å². The van der Waals surface area contributed by atoms with E-state index in [1.807, 2.05) is 14.1 Å². The molecular formula is C10H18N4O. The van der Waals surface area contributed by atoms with Crippen molar-refractivity contribution in [3.05, 3.63) is 12.4 Å². The minimum atomic E-state index is -0.0420. The Hall–Kier alpha value is -1.36. The van der Waals surface area contributed by atoms with Gasteiger partial charge >= 0.3 is 0 Å². The predicted molar refractivity (Wildman–Crippen MR) is 59.7 cm³/mol. The van der Waals surface area contributed by atoms with Crippen LogP contribution in [0.15, 0.2) is 12.4 Å². The standard InChI is InChI=1S/C10H18N4O/c1-10(2,14(3)4)6-15-9-5-8(11)12-7-13-9/h5,7H,6H2,1-4H3,(H2,11,12,13). The van der Waals surface area contributed by atoms with E-state index in [-0.39, 0.29) is 5.54 Å². The van der Waals surface area contributed by atoms with Gasteiger partial charge in [-0.2, -0.15) is 0 Å². The third kappa shape index (κ3) is 3.36. The molecule has 0 aliphatic rings. The van der Waals surface area contributed by atoms with Crippen molar-refractivity contribution < 1.29 is 4.74 Å². The number of nitrogen functional groups attached to an aromatic ring is 1. The summed E-state index contributed by atoms with van der Waals surface area (Å²) in [6, 6.07) is 1.62. The summed E-state index contributed by atoms with van der Waals surface area (Å²) in [5, 5.41) is 0. The maximum Gasteiger partial charge on any atom is 0.218 e. The maximum absolute atomic E-state index is 5.54. The number of rotatable bonds is 4. The molecule has 0 aromatic carbocycles. The Morgan fingerprint density at radius 2 is 2.07 bits per heavy atom. The molecule has 1 rings (SSSR count). The molecule has 1 aromatic rings. The maximum atomic E-state index is 5.54. The molecule has 84 valence electrons. The highest BCUT2D eigenvalue weighted by atomic mass is 16.5. The van der Waals surface area contributed by atoms with Crippen LogP contribution in [0.25, 0.3) is 0 Å². The van der Waals surface area contributed by atoms with Gasteiger partial charge < -0.3 is 15.4 Å². The van der Waals surface area contributed by atoms with Crippen LogP contribution < -0.4 is 10.5 Å². The van der Waals surface area contributed by atoms with Crippen molar-refractivity contribution in [1.82, 2.24) is 14.9 Å². The second kappa shape index (κ2) is 4.44. The fraction of sp³-hybridized carbons (Fsp3) is 0.600. The van der Waals surface area contributed by atoms with E-state index in [1.165, 1.54) is 6.33 Å². The summed E-state index contributed by atoms with van der Waals surface area (Å²) in [5.74, 6) is 0.931. The van der Waals surface area contributed by atoms with Gasteiger partial charge in [-0.05, 0) is 27.9 Å². The average Bonchev–Trinajstić information content (AvgIpc) is 2.15. The third-order valence-electron chi connectivity index (χ3n) is 2.45. The van der Waals surface area contributed by atoms with Gasteiger partial charge in [0.2, 0.25) is 5.88 Å². The van der Waals surface area contributed by atoms with Crippen molar-refractivity contribution >= 4 is 5.82 Å². The molecule has 1 heterocycles. The lowest BCUT2D eigenvalue weighted by Crippen LogP contribution is -2.43. The number of anilines is 1. The Labute approximate surface area is 90.3 Å². The van der Waals surface area contributed by atoms with Gasteiger partial charge in [0.15, 0.2) is 0 Å². The van der Waals surface area contributed by atoms with Crippen LogP contribution in [0.4, 0.5) is 5.82 Å². The lowest BCUT2D eigenvalue weighted by molar-refractivity contribution is 0.111. The molecule has 1 aromatic heterocycles. The number of aromatic nitrogens is 2. The molecule has 0 spiro atoms. The van der Waals surface area contributed by atoms with Crippen LogP contribution in [0, 0.1) is 0 Å². The molecule has 0 aliphatic heterocycles. The Morgan fingerprint density at radius 3 is 2.60 bits per heavy atom. The summed E-state index contributed by atoms with van der Waals surface area (Å²) >= 11 is 0. The first kappa shape index (κ1) is 11.7. The van der Waals surface area contributed by atoms with Crippen LogP contribution in [0.2, 0.25) is 0 Å². The topological polar surface area (TPSA) is 64.3 Å². The smallest absolute Gasteiger partial charge is 0.218 e. The molecule has 0 bridgehead atoms. The molecule has 2 N–H and O–H groups in total. The number of likely N-dealkylation sites (N-methyl/N-ethyl adjacent to an activating group) is 1. The fourth-order valence-electron chi connectivity index (χ4n) is 0.812. The van der Waals surface area contributed by atoms with E-state index in [4.69, 9.17) is 10.5 Å². The molecular weight excluding hydrogens is 192 g/mol. The Balaban J connectivity index is 2.57. The Kier molecular flexibility index (Phi) is 3.47. The zero-order valence-corrected chi connectivity index (χ0v) is 9.69. The zero-order valence-electron chi connectivity index (χ0n) is 9.69. The minimum absolute atomic E-state index is 0.0420. The van der Waals surface area contributed by atoms with Gasteiger partial charge in [0.05, 0.1) is 0 Å². The molecule has 0 aliphatic carbocycles. The van der Waals surface area contributed by atoms with Crippen molar-refractivity contribution in [2.24, 2.45) is 0 Å². The summed E-state index contributed by atoms with van der Waals surface area (Å²) in [7, 11) is 4.02. The van der Waals surface area contributed by atoms with E-state index in [1.54, 1.807) is 6.07 Å². The Morgan fingerprint density at radius 1 is 1.40 bits per heavy atom. The summed E-state index contributed by atoms with van der Waals surface area (Å²) in [5.41, 5.74) is 5.47. The minimum Gasteiger partial charge on any atom is -0.476 e. The van der Waals surface area contributed by atoms with Crippen molar-refractivity contribution in [3.8, 4) is 5.88 Å². The highest BCUT2D eigenvalue weighted by Gasteiger charge is 2.21. The van der Waals surface area contributed by atoms with Crippen LogP contribution in [0.5, 0.6) is 5.88 Å². The van der Waals surface area contributed by atoms with Crippen LogP contribution in [0.3, 0.4) is 0 Å². The van der Waals surface area contributed by atoms with E-state index >= 15 is 0 Å². The normalized spacial score (nSPS) is 11.8. The van der Waals surface area contributed by atoms with E-state index in [0.717, 1.165) is 0 Å². The van der Waals surface area contributed by atoms with Crippen molar-refractivity contribution in [3.63, 3.8) is 0 Å². The summed E-state index contributed by atoms with van der Waals surface area (Å²) in [4.78, 5) is 9.86. The molecule has 0 fully saturated rings. The molecule has 0 radical (unpaired) electrons. The average molecular weight is 210 g/mol. The second-order valence-corrected chi connectivity index (χ2v) is 4.28. The number of ether oxygens (including phenoxy) is 1. The lowest BCUT2D eigenvalue weighted by atomic mass is 10.1. The van der Waals surface area contributed by atoms with Gasteiger partial charge in [0, 0.05) is 11.6 Å². The molecule has 5 heteroatoms. The van der Waals surface area contributed by atoms with Gasteiger partial charge in [-0.3, -0.25) is 0 Å². The van der Waals surface area contributed by atoms with E-state index in [9.17, 15) is 0 Å². The SMILES string of the molecule is CN(C)C(C)(C)COc1cc(N)ncn1. The molecule has 0 amide bonds. The number of hydrogen-bond acceptors (Lipinski definition) is 5. The molecule has 15 heavy (non-hydrogen) atoms. The largest absolute Gasteiger partial charge is 0.476 e. The lowest BCUT2D eigenvalue weighted by Gasteiger charge is -2.31. The van der Waals surface area contributed by atoms with Crippen LogP contribution >= 0.6 is 0 Å². The monoisotopic (exact) mass is 210 g/mol. The van der Waals surface area contributed by atoms with Crippen molar-refractivity contribution in [2.75, 3.05) is 26.4 Å². The molecule has 0 unspecified atom stereocenters. The molecule has 0 atom stereocenters. The first-order valence-electron chi connectivity index (χ1n) is 4.79. The van der Waals surface area contributed by atoms with Gasteiger partial charge in [-0.1, -0.05) is 0 Å². The van der Waals surface area contributed by atoms with Crippen LogP contribution in [0.1, 0.15) is 13.8 Å². The quantitative estimate of drug-likeness (QED) is 0.795. The third-order valence-corrected chi connectivity index (χ3v) is 2.45. The van der Waals surface area contributed by atoms with Gasteiger partial charge in [0.25, 0.3) is 0 Å². The van der Waals surface area contributed by atoms with Crippen LogP contribution in [-0.2, 0) is 0 Å². The Bertz CT molecular complexity index is 325.